The lowest BCUT2D eigenvalue weighted by Gasteiger charge is -2.29. The van der Waals surface area contributed by atoms with Crippen LogP contribution in [0.15, 0.2) is 48.5 Å². The molecule has 2 N–H and O–H groups in total. The minimum atomic E-state index is 0.167. The maximum Gasteiger partial charge on any atom is 0.0583 e. The van der Waals surface area contributed by atoms with Crippen molar-refractivity contribution < 1.29 is 5.11 Å². The molecule has 0 spiro atoms. The molecule has 0 aromatic heterocycles. The molecule has 2 heteroatoms. The Kier molecular flexibility index (Phi) is 3.13. The van der Waals surface area contributed by atoms with Crippen molar-refractivity contribution in [1.82, 2.24) is 5.32 Å². The Labute approximate surface area is 107 Å². The molecule has 2 nitrogen and oxygen atoms in total. The van der Waals surface area contributed by atoms with E-state index in [1.165, 1.54) is 22.3 Å². The molecule has 0 atom stereocenters. The van der Waals surface area contributed by atoms with E-state index in [1.807, 2.05) is 0 Å². The zero-order valence-electron chi connectivity index (χ0n) is 10.3. The Morgan fingerprint density at radius 1 is 0.944 bits per heavy atom. The van der Waals surface area contributed by atoms with Crippen LogP contribution in [0.25, 0.3) is 0 Å². The van der Waals surface area contributed by atoms with Gasteiger partial charge in [0.05, 0.1) is 12.6 Å². The number of aliphatic hydroxyl groups is 1. The van der Waals surface area contributed by atoms with Gasteiger partial charge in [0.25, 0.3) is 0 Å². The van der Waals surface area contributed by atoms with Crippen molar-refractivity contribution in [3.63, 3.8) is 0 Å². The number of nitrogens with one attached hydrogen (secondary N) is 1. The van der Waals surface area contributed by atoms with Crippen LogP contribution in [-0.4, -0.2) is 18.3 Å². The molecule has 1 aliphatic carbocycles. The number of hydrogen-bond acceptors (Lipinski definition) is 2. The quantitative estimate of drug-likeness (QED) is 0.861. The molecule has 0 radical (unpaired) electrons. The normalized spacial score (nSPS) is 14.1. The van der Waals surface area contributed by atoms with E-state index in [2.05, 4.69) is 53.8 Å². The zero-order valence-corrected chi connectivity index (χ0v) is 10.3. The minimum absolute atomic E-state index is 0.167. The highest BCUT2D eigenvalue weighted by Gasteiger charge is 2.23. The van der Waals surface area contributed by atoms with Gasteiger partial charge < -0.3 is 10.4 Å². The van der Waals surface area contributed by atoms with Crippen LogP contribution in [0, 0.1) is 0 Å². The average molecular weight is 239 g/mol. The molecular weight excluding hydrogens is 222 g/mol. The first-order valence-electron chi connectivity index (χ1n) is 6.40. The summed E-state index contributed by atoms with van der Waals surface area (Å²) in [6, 6.07) is 17.3. The molecule has 2 aromatic carbocycles. The van der Waals surface area contributed by atoms with E-state index in [1.54, 1.807) is 0 Å². The molecule has 0 amide bonds. The molecule has 0 saturated carbocycles. The molecule has 18 heavy (non-hydrogen) atoms. The number of benzene rings is 2. The highest BCUT2D eigenvalue weighted by Crippen LogP contribution is 2.34. The van der Waals surface area contributed by atoms with Crippen molar-refractivity contribution in [3.8, 4) is 0 Å². The van der Waals surface area contributed by atoms with Gasteiger partial charge in [-0.25, -0.2) is 0 Å². The average Bonchev–Trinajstić information content (AvgIpc) is 2.43. The van der Waals surface area contributed by atoms with Gasteiger partial charge in [-0.3, -0.25) is 0 Å². The molecule has 1 aliphatic rings. The van der Waals surface area contributed by atoms with Crippen LogP contribution in [-0.2, 0) is 6.42 Å². The molecule has 2 aromatic rings. The molecular formula is C16H17NO. The maximum absolute atomic E-state index is 9.03. The SMILES string of the molecule is OCCNC1c2ccccc2Cc2ccccc21. The fraction of sp³-hybridized carbons (Fsp3) is 0.250. The Bertz CT molecular complexity index is 505. The van der Waals surface area contributed by atoms with E-state index >= 15 is 0 Å². The summed E-state index contributed by atoms with van der Waals surface area (Å²) in [4.78, 5) is 0. The molecule has 0 fully saturated rings. The first-order chi connectivity index (χ1) is 8.90. The Hall–Kier alpha value is -1.64. The number of aliphatic hydroxyl groups excluding tert-OH is 1. The van der Waals surface area contributed by atoms with E-state index in [-0.39, 0.29) is 12.6 Å². The van der Waals surface area contributed by atoms with Crippen LogP contribution >= 0.6 is 0 Å². The van der Waals surface area contributed by atoms with Gasteiger partial charge in [0, 0.05) is 6.54 Å². The summed E-state index contributed by atoms with van der Waals surface area (Å²) in [7, 11) is 0. The van der Waals surface area contributed by atoms with Gasteiger partial charge in [0.15, 0.2) is 0 Å². The second-order valence-electron chi connectivity index (χ2n) is 4.69. The van der Waals surface area contributed by atoms with Crippen molar-refractivity contribution in [3.05, 3.63) is 70.8 Å². The minimum Gasteiger partial charge on any atom is -0.395 e. The largest absolute Gasteiger partial charge is 0.395 e. The Morgan fingerprint density at radius 2 is 1.50 bits per heavy atom. The number of rotatable bonds is 3. The van der Waals surface area contributed by atoms with Crippen molar-refractivity contribution in [1.29, 1.82) is 0 Å². The molecule has 0 bridgehead atoms. The van der Waals surface area contributed by atoms with Gasteiger partial charge in [0.1, 0.15) is 0 Å². The first kappa shape index (κ1) is 11.5. The third-order valence-corrected chi connectivity index (χ3v) is 3.57. The topological polar surface area (TPSA) is 32.3 Å². The van der Waals surface area contributed by atoms with Crippen molar-refractivity contribution >= 4 is 0 Å². The lowest BCUT2D eigenvalue weighted by atomic mass is 9.82. The summed E-state index contributed by atoms with van der Waals surface area (Å²) in [6.07, 6.45) is 1.00. The maximum atomic E-state index is 9.03. The van der Waals surface area contributed by atoms with Gasteiger partial charge in [-0.15, -0.1) is 0 Å². The van der Waals surface area contributed by atoms with E-state index in [0.29, 0.717) is 6.54 Å². The number of fused-ring (bicyclic) bond motifs is 2. The highest BCUT2D eigenvalue weighted by molar-refractivity contribution is 5.48. The molecule has 0 heterocycles. The third-order valence-electron chi connectivity index (χ3n) is 3.57. The summed E-state index contributed by atoms with van der Waals surface area (Å²) < 4.78 is 0. The van der Waals surface area contributed by atoms with Gasteiger partial charge >= 0.3 is 0 Å². The molecule has 0 aliphatic heterocycles. The molecule has 92 valence electrons. The predicted octanol–water partition coefficient (Wildman–Crippen LogP) is 2.26. The molecule has 0 saturated heterocycles. The van der Waals surface area contributed by atoms with Gasteiger partial charge in [-0.1, -0.05) is 48.5 Å². The lowest BCUT2D eigenvalue weighted by Crippen LogP contribution is -2.29. The van der Waals surface area contributed by atoms with Gasteiger partial charge in [-0.05, 0) is 28.7 Å². The Balaban J connectivity index is 2.05. The van der Waals surface area contributed by atoms with Crippen LogP contribution in [0.2, 0.25) is 0 Å². The summed E-state index contributed by atoms with van der Waals surface area (Å²) in [5.41, 5.74) is 5.44. The van der Waals surface area contributed by atoms with Crippen LogP contribution < -0.4 is 5.32 Å². The monoisotopic (exact) mass is 239 g/mol. The second-order valence-corrected chi connectivity index (χ2v) is 4.69. The standard InChI is InChI=1S/C16H17NO/c18-10-9-17-16-14-7-3-1-5-12(14)11-13-6-2-4-8-15(13)16/h1-8,16-18H,9-11H2. The van der Waals surface area contributed by atoms with Gasteiger partial charge in [-0.2, -0.15) is 0 Å². The summed E-state index contributed by atoms with van der Waals surface area (Å²) >= 11 is 0. The first-order valence-corrected chi connectivity index (χ1v) is 6.40. The fourth-order valence-corrected chi connectivity index (χ4v) is 2.76. The lowest BCUT2D eigenvalue weighted by molar-refractivity contribution is 0.287. The smallest absolute Gasteiger partial charge is 0.0583 e. The third kappa shape index (κ3) is 1.94. The van der Waals surface area contributed by atoms with Crippen molar-refractivity contribution in [2.24, 2.45) is 0 Å². The molecule has 0 unspecified atom stereocenters. The second kappa shape index (κ2) is 4.92. The van der Waals surface area contributed by atoms with Gasteiger partial charge in [0.2, 0.25) is 0 Å². The van der Waals surface area contributed by atoms with Crippen LogP contribution in [0.3, 0.4) is 0 Å². The van der Waals surface area contributed by atoms with E-state index in [4.69, 9.17) is 5.11 Å². The Morgan fingerprint density at radius 3 is 2.06 bits per heavy atom. The van der Waals surface area contributed by atoms with E-state index in [9.17, 15) is 0 Å². The van der Waals surface area contributed by atoms with Crippen molar-refractivity contribution in [2.45, 2.75) is 12.5 Å². The van der Waals surface area contributed by atoms with Crippen LogP contribution in [0.4, 0.5) is 0 Å². The highest BCUT2D eigenvalue weighted by atomic mass is 16.3. The predicted molar refractivity (Wildman–Crippen MR) is 72.6 cm³/mol. The summed E-state index contributed by atoms with van der Waals surface area (Å²) in [6.45, 7) is 0.786. The summed E-state index contributed by atoms with van der Waals surface area (Å²) in [5.74, 6) is 0. The fourth-order valence-electron chi connectivity index (χ4n) is 2.76. The van der Waals surface area contributed by atoms with Crippen LogP contribution in [0.1, 0.15) is 28.3 Å². The molecule has 3 rings (SSSR count). The van der Waals surface area contributed by atoms with Crippen LogP contribution in [0.5, 0.6) is 0 Å². The van der Waals surface area contributed by atoms with E-state index < -0.39 is 0 Å². The zero-order chi connectivity index (χ0) is 12.4. The number of hydrogen-bond donors (Lipinski definition) is 2. The summed E-state index contributed by atoms with van der Waals surface area (Å²) in [5, 5.41) is 12.5. The van der Waals surface area contributed by atoms with Crippen molar-refractivity contribution in [2.75, 3.05) is 13.2 Å². The van der Waals surface area contributed by atoms with E-state index in [0.717, 1.165) is 6.42 Å².